The Morgan fingerprint density at radius 3 is 2.19 bits per heavy atom. The van der Waals surface area contributed by atoms with Crippen molar-refractivity contribution in [2.45, 2.75) is 167 Å². The van der Waals surface area contributed by atoms with Crippen molar-refractivity contribution in [3.63, 3.8) is 0 Å². The molecule has 2 aliphatic heterocycles. The van der Waals surface area contributed by atoms with Gasteiger partial charge in [0.15, 0.2) is 12.6 Å². The SMILES string of the molecule is CC1(C)CCC2(C(=O)O)CCC3(C)C(=CCC4C5(C)CCC(OC6OC(CO)C(O)C(O)C6OC6OCC(O)C(O)C6O)C(C)(CO)C5CCC43C)C2C1. The van der Waals surface area contributed by atoms with Crippen molar-refractivity contribution in [3.8, 4) is 0 Å². The summed E-state index contributed by atoms with van der Waals surface area (Å²) in [6, 6.07) is 0. The number of aliphatic hydroxyl groups is 7. The van der Waals surface area contributed by atoms with Gasteiger partial charge < -0.3 is 59.8 Å². The molecule has 8 N–H and O–H groups in total. The highest BCUT2D eigenvalue weighted by atomic mass is 16.8. The number of allylic oxidation sites excluding steroid dienone is 2. The summed E-state index contributed by atoms with van der Waals surface area (Å²) in [6.45, 7) is 12.7. The molecule has 18 atom stereocenters. The minimum atomic E-state index is -1.66. The number of carboxylic acid groups (broad SMARTS) is 1. The zero-order chi connectivity index (χ0) is 39.4. The molecule has 13 nitrogen and oxygen atoms in total. The Labute approximate surface area is 319 Å². The van der Waals surface area contributed by atoms with E-state index >= 15 is 0 Å². The second-order valence-electron chi connectivity index (χ2n) is 20.1. The Morgan fingerprint density at radius 1 is 0.815 bits per heavy atom. The lowest BCUT2D eigenvalue weighted by molar-refractivity contribution is -0.371. The third-order valence-corrected chi connectivity index (χ3v) is 17.0. The van der Waals surface area contributed by atoms with Gasteiger partial charge >= 0.3 is 5.97 Å². The molecule has 2 heterocycles. The van der Waals surface area contributed by atoms with Crippen LogP contribution in [-0.4, -0.2) is 128 Å². The Hall–Kier alpha value is -1.23. The standard InChI is InChI=1S/C41H66O13/c1-36(2)13-15-41(35(49)50)16-14-39(5)21(22(41)17-36)7-8-26-37(3)11-10-27(38(4,20-43)25(37)9-12-40(26,39)6)53-34-32(30(47)29(46)24(18-42)52-34)54-33-31(48)28(45)23(44)19-51-33/h7,22-34,42-48H,8-20H2,1-6H3,(H,49,50). The summed E-state index contributed by atoms with van der Waals surface area (Å²) in [7, 11) is 0. The fraction of sp³-hybridized carbons (Fsp3) is 0.927. The van der Waals surface area contributed by atoms with Crippen molar-refractivity contribution in [1.82, 2.24) is 0 Å². The summed E-state index contributed by atoms with van der Waals surface area (Å²) >= 11 is 0. The molecular formula is C41H66O13. The average Bonchev–Trinajstić information content (AvgIpc) is 3.12. The number of aliphatic hydroxyl groups excluding tert-OH is 7. The van der Waals surface area contributed by atoms with Gasteiger partial charge in [-0.05, 0) is 104 Å². The van der Waals surface area contributed by atoms with E-state index in [4.69, 9.17) is 18.9 Å². The summed E-state index contributed by atoms with van der Waals surface area (Å²) in [5, 5.41) is 84.9. The predicted octanol–water partition coefficient (Wildman–Crippen LogP) is 2.49. The van der Waals surface area contributed by atoms with Crippen molar-refractivity contribution < 1.29 is 64.6 Å². The first-order valence-corrected chi connectivity index (χ1v) is 20.4. The third kappa shape index (κ3) is 5.92. The number of hydrogen-bond donors (Lipinski definition) is 8. The van der Waals surface area contributed by atoms with E-state index in [9.17, 15) is 45.6 Å². The number of carboxylic acids is 1. The van der Waals surface area contributed by atoms with Gasteiger partial charge in [-0.15, -0.1) is 0 Å². The van der Waals surface area contributed by atoms with Crippen LogP contribution in [0.25, 0.3) is 0 Å². The number of fused-ring (bicyclic) bond motifs is 7. The molecule has 7 rings (SSSR count). The monoisotopic (exact) mass is 766 g/mol. The van der Waals surface area contributed by atoms with Gasteiger partial charge in [0.05, 0.1) is 31.3 Å². The summed E-state index contributed by atoms with van der Waals surface area (Å²) in [6.07, 6.45) is -3.35. The number of aliphatic carboxylic acids is 1. The third-order valence-electron chi connectivity index (χ3n) is 17.0. The topological polar surface area (TPSA) is 216 Å². The zero-order valence-corrected chi connectivity index (χ0v) is 32.9. The molecule has 0 aromatic carbocycles. The lowest BCUT2D eigenvalue weighted by Crippen LogP contribution is -2.67. The first-order valence-electron chi connectivity index (χ1n) is 20.4. The second kappa shape index (κ2) is 14.0. The quantitative estimate of drug-likeness (QED) is 0.138. The fourth-order valence-electron chi connectivity index (χ4n) is 13.4. The molecule has 0 amide bonds. The van der Waals surface area contributed by atoms with Gasteiger partial charge in [0.25, 0.3) is 0 Å². The van der Waals surface area contributed by atoms with Crippen LogP contribution < -0.4 is 0 Å². The number of carbonyl (C=O) groups is 1. The van der Waals surface area contributed by atoms with Gasteiger partial charge in [-0.2, -0.15) is 0 Å². The van der Waals surface area contributed by atoms with Crippen molar-refractivity contribution >= 4 is 5.97 Å². The van der Waals surface area contributed by atoms with E-state index in [0.29, 0.717) is 19.3 Å². The molecule has 0 aromatic rings. The minimum Gasteiger partial charge on any atom is -0.481 e. The molecular weight excluding hydrogens is 700 g/mol. The highest BCUT2D eigenvalue weighted by Gasteiger charge is 2.70. The van der Waals surface area contributed by atoms with Crippen molar-refractivity contribution in [2.75, 3.05) is 19.8 Å². The van der Waals surface area contributed by atoms with Gasteiger partial charge in [-0.3, -0.25) is 4.79 Å². The number of ether oxygens (including phenoxy) is 4. The van der Waals surface area contributed by atoms with E-state index in [-0.39, 0.29) is 52.6 Å². The van der Waals surface area contributed by atoms with Crippen LogP contribution in [0.4, 0.5) is 0 Å². The maximum absolute atomic E-state index is 13.1. The van der Waals surface area contributed by atoms with E-state index in [2.05, 4.69) is 40.7 Å². The largest absolute Gasteiger partial charge is 0.481 e. The Kier molecular flexibility index (Phi) is 10.6. The molecule has 0 radical (unpaired) electrons. The van der Waals surface area contributed by atoms with Gasteiger partial charge in [0.1, 0.15) is 42.7 Å². The summed E-state index contributed by atoms with van der Waals surface area (Å²) in [4.78, 5) is 13.1. The van der Waals surface area contributed by atoms with E-state index in [0.717, 1.165) is 44.9 Å². The van der Waals surface area contributed by atoms with Crippen molar-refractivity contribution in [2.24, 2.45) is 50.2 Å². The van der Waals surface area contributed by atoms with Gasteiger partial charge in [-0.1, -0.05) is 53.2 Å². The van der Waals surface area contributed by atoms with Crippen LogP contribution in [-0.2, 0) is 23.7 Å². The van der Waals surface area contributed by atoms with Gasteiger partial charge in [0, 0.05) is 5.41 Å². The average molecular weight is 767 g/mol. The Morgan fingerprint density at radius 2 is 1.52 bits per heavy atom. The normalized spacial score (nSPS) is 54.3. The van der Waals surface area contributed by atoms with Crippen LogP contribution in [0, 0.1) is 50.2 Å². The van der Waals surface area contributed by atoms with E-state index in [1.54, 1.807) is 0 Å². The Balaban J connectivity index is 1.17. The second-order valence-corrected chi connectivity index (χ2v) is 20.1. The molecule has 308 valence electrons. The molecule has 13 heteroatoms. The zero-order valence-electron chi connectivity index (χ0n) is 32.9. The van der Waals surface area contributed by atoms with E-state index in [1.165, 1.54) is 5.57 Å². The molecule has 6 fully saturated rings. The number of rotatable bonds is 7. The molecule has 7 aliphatic rings. The molecule has 0 aromatic heterocycles. The van der Waals surface area contributed by atoms with Crippen molar-refractivity contribution in [1.29, 1.82) is 0 Å². The van der Waals surface area contributed by atoms with Gasteiger partial charge in [0.2, 0.25) is 0 Å². The predicted molar refractivity (Wildman–Crippen MR) is 193 cm³/mol. The lowest BCUT2D eigenvalue weighted by Gasteiger charge is -2.71. The molecule has 5 aliphatic carbocycles. The molecule has 2 saturated heterocycles. The van der Waals surface area contributed by atoms with Crippen LogP contribution in [0.1, 0.15) is 106 Å². The lowest BCUT2D eigenvalue weighted by atomic mass is 9.33. The first-order chi connectivity index (χ1) is 25.2. The van der Waals surface area contributed by atoms with Gasteiger partial charge in [-0.25, -0.2) is 0 Å². The maximum atomic E-state index is 13.1. The molecule has 0 bridgehead atoms. The Bertz CT molecular complexity index is 1460. The van der Waals surface area contributed by atoms with E-state index in [1.807, 2.05) is 6.92 Å². The van der Waals surface area contributed by atoms with Crippen LogP contribution in [0.15, 0.2) is 11.6 Å². The van der Waals surface area contributed by atoms with Crippen molar-refractivity contribution in [3.05, 3.63) is 11.6 Å². The van der Waals surface area contributed by atoms with Crippen LogP contribution in [0.3, 0.4) is 0 Å². The summed E-state index contributed by atoms with van der Waals surface area (Å²) in [5.41, 5.74) is -0.460. The molecule has 4 saturated carbocycles. The molecule has 0 spiro atoms. The minimum absolute atomic E-state index is 0.0170. The number of hydrogen-bond acceptors (Lipinski definition) is 12. The van der Waals surface area contributed by atoms with Crippen LogP contribution >= 0.6 is 0 Å². The fourth-order valence-corrected chi connectivity index (χ4v) is 13.4. The highest BCUT2D eigenvalue weighted by Crippen LogP contribution is 2.76. The molecule has 18 unspecified atom stereocenters. The summed E-state index contributed by atoms with van der Waals surface area (Å²) < 4.78 is 24.1. The summed E-state index contributed by atoms with van der Waals surface area (Å²) in [5.74, 6) is -0.314. The smallest absolute Gasteiger partial charge is 0.310 e. The highest BCUT2D eigenvalue weighted by molar-refractivity contribution is 5.76. The van der Waals surface area contributed by atoms with Crippen LogP contribution in [0.2, 0.25) is 0 Å². The van der Waals surface area contributed by atoms with Crippen LogP contribution in [0.5, 0.6) is 0 Å². The van der Waals surface area contributed by atoms with E-state index < -0.39 is 84.8 Å². The maximum Gasteiger partial charge on any atom is 0.310 e. The first kappa shape index (κ1) is 40.9. The molecule has 54 heavy (non-hydrogen) atoms.